The number of halogens is 1. The van der Waals surface area contributed by atoms with Gasteiger partial charge in [0.05, 0.1) is 34.8 Å². The molecule has 2 fully saturated rings. The number of benzene rings is 1. The van der Waals surface area contributed by atoms with Crippen LogP contribution in [-0.2, 0) is 20.2 Å². The molecular weight excluding hydrogens is 512 g/mol. The van der Waals surface area contributed by atoms with Gasteiger partial charge < -0.3 is 14.7 Å². The molecule has 37 heavy (non-hydrogen) atoms. The molecule has 1 amide bonds. The number of nitrogens with one attached hydrogen (secondary N) is 1. The molecule has 4 heterocycles. The number of hydrogen-bond acceptors (Lipinski definition) is 7. The van der Waals surface area contributed by atoms with Crippen LogP contribution in [0.1, 0.15) is 24.8 Å². The molecule has 0 atom stereocenters. The zero-order chi connectivity index (χ0) is 25.4. The van der Waals surface area contributed by atoms with E-state index in [1.807, 2.05) is 39.3 Å². The van der Waals surface area contributed by atoms with Gasteiger partial charge in [0.1, 0.15) is 0 Å². The molecule has 1 aliphatic carbocycles. The third-order valence-corrected chi connectivity index (χ3v) is 8.59. The number of rotatable bonds is 5. The van der Waals surface area contributed by atoms with Crippen molar-refractivity contribution in [2.75, 3.05) is 55.0 Å². The van der Waals surface area contributed by atoms with E-state index in [9.17, 15) is 13.2 Å². The Bertz CT molecular complexity index is 1520. The van der Waals surface area contributed by atoms with Crippen molar-refractivity contribution in [2.45, 2.75) is 30.7 Å². The highest BCUT2D eigenvalue weighted by molar-refractivity contribution is 7.92. The molecule has 1 saturated carbocycles. The van der Waals surface area contributed by atoms with Gasteiger partial charge in [-0.1, -0.05) is 12.5 Å². The fourth-order valence-electron chi connectivity index (χ4n) is 5.75. The van der Waals surface area contributed by atoms with E-state index in [0.717, 1.165) is 71.9 Å². The summed E-state index contributed by atoms with van der Waals surface area (Å²) in [6, 6.07) is 8.27. The Balaban J connectivity index is 0.00000280. The molecule has 2 aromatic heterocycles. The first-order valence-corrected chi connectivity index (χ1v) is 14.1. The first kappa shape index (κ1) is 25.7. The Labute approximate surface area is 223 Å². The van der Waals surface area contributed by atoms with E-state index in [1.54, 1.807) is 17.3 Å². The SMILES string of the molecule is CN1C(=O)C2(CCC2)c2c1cnc1ccc(-c3cnc(N4CC(N(C)C)C4)c(NS(C)(=O)=O)c3)cc21.Cl. The van der Waals surface area contributed by atoms with E-state index in [0.29, 0.717) is 17.5 Å². The maximum Gasteiger partial charge on any atom is 0.237 e. The van der Waals surface area contributed by atoms with Crippen LogP contribution in [0, 0.1) is 0 Å². The summed E-state index contributed by atoms with van der Waals surface area (Å²) in [7, 11) is 2.42. The number of carbonyl (C=O) groups excluding carboxylic acids is 1. The summed E-state index contributed by atoms with van der Waals surface area (Å²) >= 11 is 0. The van der Waals surface area contributed by atoms with Crippen LogP contribution >= 0.6 is 12.4 Å². The van der Waals surface area contributed by atoms with Crippen molar-refractivity contribution < 1.29 is 13.2 Å². The number of aromatic nitrogens is 2. The van der Waals surface area contributed by atoms with E-state index in [4.69, 9.17) is 4.98 Å². The molecular formula is C26H31ClN6O3S. The van der Waals surface area contributed by atoms with Crippen LogP contribution in [0.15, 0.2) is 36.7 Å². The third-order valence-electron chi connectivity index (χ3n) is 8.00. The average molecular weight is 543 g/mol. The minimum atomic E-state index is -3.49. The molecule has 0 radical (unpaired) electrons. The number of amides is 1. The second-order valence-electron chi connectivity index (χ2n) is 10.5. The van der Waals surface area contributed by atoms with Gasteiger partial charge in [0.25, 0.3) is 0 Å². The number of carbonyl (C=O) groups is 1. The summed E-state index contributed by atoms with van der Waals surface area (Å²) in [6.45, 7) is 1.57. The molecule has 11 heteroatoms. The Morgan fingerprint density at radius 2 is 1.81 bits per heavy atom. The molecule has 1 N–H and O–H groups in total. The minimum Gasteiger partial charge on any atom is -0.352 e. The summed E-state index contributed by atoms with van der Waals surface area (Å²) in [6.07, 6.45) is 7.50. The highest BCUT2D eigenvalue weighted by atomic mass is 35.5. The molecule has 1 saturated heterocycles. The number of pyridine rings is 2. The highest BCUT2D eigenvalue weighted by Gasteiger charge is 2.54. The van der Waals surface area contributed by atoms with Crippen molar-refractivity contribution >= 4 is 56.4 Å². The lowest BCUT2D eigenvalue weighted by Crippen LogP contribution is -2.57. The number of fused-ring (bicyclic) bond motifs is 4. The predicted octanol–water partition coefficient (Wildman–Crippen LogP) is 3.24. The van der Waals surface area contributed by atoms with Gasteiger partial charge in [0.2, 0.25) is 15.9 Å². The summed E-state index contributed by atoms with van der Waals surface area (Å²) in [5.74, 6) is 0.783. The standard InChI is InChI=1S/C26H30N6O3S.ClH/c1-30(2)18-14-32(15-18)24-21(29-36(4,34)35)11-17(12-28-24)16-6-7-20-19(10-16)23-22(13-27-20)31(3)25(33)26(23)8-5-9-26;/h6-7,10-13,18,29H,5,8-9,14-15H2,1-4H3;1H. The van der Waals surface area contributed by atoms with Crippen molar-refractivity contribution in [2.24, 2.45) is 0 Å². The maximum atomic E-state index is 13.2. The molecule has 1 spiro atoms. The lowest BCUT2D eigenvalue weighted by atomic mass is 9.64. The predicted molar refractivity (Wildman–Crippen MR) is 149 cm³/mol. The van der Waals surface area contributed by atoms with Crippen molar-refractivity contribution in [1.82, 2.24) is 14.9 Å². The van der Waals surface area contributed by atoms with E-state index >= 15 is 0 Å². The van der Waals surface area contributed by atoms with E-state index in [2.05, 4.69) is 25.6 Å². The molecule has 0 bridgehead atoms. The fraction of sp³-hybridized carbons (Fsp3) is 0.423. The normalized spacial score (nSPS) is 18.6. The number of anilines is 3. The molecule has 3 aromatic rings. The third kappa shape index (κ3) is 4.02. The van der Waals surface area contributed by atoms with Gasteiger partial charge in [-0.2, -0.15) is 0 Å². The van der Waals surface area contributed by atoms with Crippen LogP contribution in [0.2, 0.25) is 0 Å². The van der Waals surface area contributed by atoms with Crippen LogP contribution in [0.25, 0.3) is 22.0 Å². The monoisotopic (exact) mass is 542 g/mol. The van der Waals surface area contributed by atoms with Crippen molar-refractivity contribution in [3.63, 3.8) is 0 Å². The van der Waals surface area contributed by atoms with Crippen LogP contribution in [0.5, 0.6) is 0 Å². The summed E-state index contributed by atoms with van der Waals surface area (Å²) in [5, 5.41) is 0.973. The van der Waals surface area contributed by atoms with Crippen molar-refractivity contribution in [3.05, 3.63) is 42.2 Å². The van der Waals surface area contributed by atoms with Gasteiger partial charge in [-0.15, -0.1) is 12.4 Å². The Morgan fingerprint density at radius 1 is 1.08 bits per heavy atom. The minimum absolute atomic E-state index is 0. The topological polar surface area (TPSA) is 98.7 Å². The van der Waals surface area contributed by atoms with Gasteiger partial charge in [-0.25, -0.2) is 13.4 Å². The van der Waals surface area contributed by atoms with Gasteiger partial charge in [0.15, 0.2) is 5.82 Å². The van der Waals surface area contributed by atoms with Crippen LogP contribution in [-0.4, -0.2) is 75.7 Å². The quantitative estimate of drug-likeness (QED) is 0.528. The second kappa shape index (κ2) is 8.82. The second-order valence-corrected chi connectivity index (χ2v) is 12.3. The van der Waals surface area contributed by atoms with E-state index < -0.39 is 15.4 Å². The number of sulfonamides is 1. The molecule has 0 unspecified atom stereocenters. The van der Waals surface area contributed by atoms with Crippen LogP contribution < -0.4 is 14.5 Å². The average Bonchev–Trinajstić information content (AvgIpc) is 2.99. The van der Waals surface area contributed by atoms with Crippen LogP contribution in [0.4, 0.5) is 17.2 Å². The van der Waals surface area contributed by atoms with Gasteiger partial charge in [0, 0.05) is 48.9 Å². The van der Waals surface area contributed by atoms with Crippen molar-refractivity contribution in [1.29, 1.82) is 0 Å². The molecule has 6 rings (SSSR count). The fourth-order valence-corrected chi connectivity index (χ4v) is 6.30. The number of likely N-dealkylation sites (N-methyl/N-ethyl adjacent to an activating group) is 2. The summed E-state index contributed by atoms with van der Waals surface area (Å²) in [4.78, 5) is 28.5. The summed E-state index contributed by atoms with van der Waals surface area (Å²) in [5.41, 5.74) is 4.52. The largest absolute Gasteiger partial charge is 0.352 e. The van der Waals surface area contributed by atoms with E-state index in [-0.39, 0.29) is 18.3 Å². The molecule has 9 nitrogen and oxygen atoms in total. The number of hydrogen-bond donors (Lipinski definition) is 1. The highest BCUT2D eigenvalue weighted by Crippen LogP contribution is 2.55. The lowest BCUT2D eigenvalue weighted by Gasteiger charge is -2.44. The Morgan fingerprint density at radius 3 is 2.43 bits per heavy atom. The molecule has 1 aromatic carbocycles. The van der Waals surface area contributed by atoms with Gasteiger partial charge in [-0.3, -0.25) is 14.5 Å². The maximum absolute atomic E-state index is 13.2. The smallest absolute Gasteiger partial charge is 0.237 e. The zero-order valence-corrected chi connectivity index (χ0v) is 23.0. The molecule has 196 valence electrons. The lowest BCUT2D eigenvalue weighted by molar-refractivity contribution is -0.125. The van der Waals surface area contributed by atoms with Gasteiger partial charge in [-0.05, 0) is 50.7 Å². The Hall–Kier alpha value is -2.95. The first-order chi connectivity index (χ1) is 17.1. The number of nitrogens with zero attached hydrogens (tertiary/aromatic N) is 5. The van der Waals surface area contributed by atoms with Crippen LogP contribution in [0.3, 0.4) is 0 Å². The zero-order valence-electron chi connectivity index (χ0n) is 21.4. The summed E-state index contributed by atoms with van der Waals surface area (Å²) < 4.78 is 27.0. The van der Waals surface area contributed by atoms with E-state index in [1.165, 1.54) is 0 Å². The first-order valence-electron chi connectivity index (χ1n) is 12.2. The van der Waals surface area contributed by atoms with Gasteiger partial charge >= 0.3 is 0 Å². The molecule has 2 aliphatic heterocycles. The molecule has 3 aliphatic rings. The Kier molecular flexibility index (Phi) is 6.12. The van der Waals surface area contributed by atoms with Crippen molar-refractivity contribution in [3.8, 4) is 11.1 Å².